The molecule has 1 unspecified atom stereocenters. The maximum atomic E-state index is 7.70. The van der Waals surface area contributed by atoms with Gasteiger partial charge in [-0.2, -0.15) is 5.10 Å². The summed E-state index contributed by atoms with van der Waals surface area (Å²) in [5.41, 5.74) is 4.03. The highest BCUT2D eigenvalue weighted by Gasteiger charge is 2.32. The molecule has 0 saturated carbocycles. The zero-order chi connectivity index (χ0) is 15.5. The second-order valence-corrected chi connectivity index (χ2v) is 6.07. The topological polar surface area (TPSA) is 45.1 Å². The molecule has 1 atom stereocenters. The van der Waals surface area contributed by atoms with Crippen molar-refractivity contribution in [3.8, 4) is 0 Å². The summed E-state index contributed by atoms with van der Waals surface area (Å²) >= 11 is 1.72. The Bertz CT molecular complexity index is 754. The number of benzene rings is 1. The lowest BCUT2D eigenvalue weighted by Crippen LogP contribution is -2.17. The molecule has 1 aromatic carbocycles. The van der Waals surface area contributed by atoms with Gasteiger partial charge in [-0.25, -0.2) is 4.85 Å². The van der Waals surface area contributed by atoms with Crippen molar-refractivity contribution in [1.29, 1.82) is 0 Å². The lowest BCUT2D eigenvalue weighted by atomic mass is 9.86. The summed E-state index contributed by atoms with van der Waals surface area (Å²) in [6.07, 6.45) is 5.78. The zero-order valence-electron chi connectivity index (χ0n) is 12.7. The number of anilines is 1. The number of aromatic amines is 1. The summed E-state index contributed by atoms with van der Waals surface area (Å²) in [4.78, 5) is 5.08. The van der Waals surface area contributed by atoms with Gasteiger partial charge in [0, 0.05) is 16.2 Å². The Morgan fingerprint density at radius 1 is 1.32 bits per heavy atom. The quantitative estimate of drug-likeness (QED) is 0.640. The third kappa shape index (κ3) is 2.40. The SMILES string of the molecule is [C-]#[N+]C1=C(CCC)Nc2[nH]ncc2C1c1ccccc1SC. The normalized spacial score (nSPS) is 16.9. The van der Waals surface area contributed by atoms with Crippen LogP contribution >= 0.6 is 11.8 Å². The molecule has 4 nitrogen and oxygen atoms in total. The largest absolute Gasteiger partial charge is 0.354 e. The van der Waals surface area contributed by atoms with E-state index in [-0.39, 0.29) is 5.92 Å². The van der Waals surface area contributed by atoms with Crippen molar-refractivity contribution >= 4 is 17.6 Å². The summed E-state index contributed by atoms with van der Waals surface area (Å²) in [6, 6.07) is 8.31. The summed E-state index contributed by atoms with van der Waals surface area (Å²) in [7, 11) is 0. The number of H-pyrrole nitrogens is 1. The van der Waals surface area contributed by atoms with E-state index in [0.717, 1.165) is 35.6 Å². The number of fused-ring (bicyclic) bond motifs is 1. The van der Waals surface area contributed by atoms with E-state index in [1.54, 1.807) is 11.8 Å². The van der Waals surface area contributed by atoms with Crippen LogP contribution in [0.5, 0.6) is 0 Å². The monoisotopic (exact) mass is 310 g/mol. The molecule has 22 heavy (non-hydrogen) atoms. The predicted molar refractivity (Wildman–Crippen MR) is 90.8 cm³/mol. The van der Waals surface area contributed by atoms with Gasteiger partial charge in [0.25, 0.3) is 0 Å². The van der Waals surface area contributed by atoms with Crippen molar-refractivity contribution in [3.63, 3.8) is 0 Å². The van der Waals surface area contributed by atoms with Crippen molar-refractivity contribution in [2.75, 3.05) is 11.6 Å². The number of nitrogens with zero attached hydrogens (tertiary/aromatic N) is 2. The Balaban J connectivity index is 2.20. The molecule has 1 aliphatic heterocycles. The molecule has 0 aliphatic carbocycles. The van der Waals surface area contributed by atoms with Gasteiger partial charge in [-0.1, -0.05) is 31.5 Å². The van der Waals surface area contributed by atoms with Crippen molar-refractivity contribution in [1.82, 2.24) is 10.2 Å². The number of rotatable bonds is 4. The summed E-state index contributed by atoms with van der Waals surface area (Å²) in [5.74, 6) is 0.870. The minimum Gasteiger partial charge on any atom is -0.354 e. The fourth-order valence-corrected chi connectivity index (χ4v) is 3.58. The predicted octanol–water partition coefficient (Wildman–Crippen LogP) is 4.62. The van der Waals surface area contributed by atoms with Gasteiger partial charge in [0.05, 0.1) is 18.7 Å². The van der Waals surface area contributed by atoms with E-state index in [1.807, 2.05) is 18.3 Å². The highest BCUT2D eigenvalue weighted by Crippen LogP contribution is 2.44. The first-order chi connectivity index (χ1) is 10.8. The molecule has 2 aromatic rings. The minimum atomic E-state index is -0.0438. The van der Waals surface area contributed by atoms with Crippen molar-refractivity contribution in [3.05, 3.63) is 64.4 Å². The first-order valence-corrected chi connectivity index (χ1v) is 8.56. The van der Waals surface area contributed by atoms with Gasteiger partial charge in [-0.15, -0.1) is 11.8 Å². The lowest BCUT2D eigenvalue weighted by Gasteiger charge is -2.27. The van der Waals surface area contributed by atoms with E-state index in [0.29, 0.717) is 0 Å². The minimum absolute atomic E-state index is 0.0438. The van der Waals surface area contributed by atoms with Crippen LogP contribution in [-0.4, -0.2) is 16.5 Å². The smallest absolute Gasteiger partial charge is 0.196 e. The summed E-state index contributed by atoms with van der Waals surface area (Å²) < 4.78 is 0. The number of aromatic nitrogens is 2. The van der Waals surface area contributed by atoms with Crippen LogP contribution in [0.25, 0.3) is 4.85 Å². The van der Waals surface area contributed by atoms with Gasteiger partial charge < -0.3 is 5.32 Å². The van der Waals surface area contributed by atoms with E-state index in [2.05, 4.69) is 45.7 Å². The molecule has 112 valence electrons. The van der Waals surface area contributed by atoms with Crippen LogP contribution in [-0.2, 0) is 0 Å². The summed E-state index contributed by atoms with van der Waals surface area (Å²) in [6.45, 7) is 9.83. The van der Waals surface area contributed by atoms with Crippen LogP contribution < -0.4 is 5.32 Å². The van der Waals surface area contributed by atoms with Gasteiger partial charge in [-0.05, 0) is 24.3 Å². The average Bonchev–Trinajstić information content (AvgIpc) is 3.01. The number of thioether (sulfide) groups is 1. The molecular weight excluding hydrogens is 292 g/mol. The molecule has 1 aromatic heterocycles. The molecule has 5 heteroatoms. The number of hydrogen-bond acceptors (Lipinski definition) is 3. The Labute approximate surface area is 134 Å². The molecule has 0 amide bonds. The molecule has 0 radical (unpaired) electrons. The van der Waals surface area contributed by atoms with Gasteiger partial charge in [-0.3, -0.25) is 5.10 Å². The Morgan fingerprint density at radius 2 is 2.14 bits per heavy atom. The highest BCUT2D eigenvalue weighted by atomic mass is 32.2. The second-order valence-electron chi connectivity index (χ2n) is 5.23. The van der Waals surface area contributed by atoms with Crippen LogP contribution in [0.4, 0.5) is 5.82 Å². The van der Waals surface area contributed by atoms with Crippen molar-refractivity contribution in [2.45, 2.75) is 30.6 Å². The standard InChI is InChI=1S/C17H18N4S/c1-4-7-13-16(18-2)15(12-10-19-21-17(12)20-13)11-8-5-6-9-14(11)22-3/h5-6,8-10,15H,4,7H2,1,3H3,(H2,19,20,21). The fourth-order valence-electron chi connectivity index (χ4n) is 2.94. The zero-order valence-corrected chi connectivity index (χ0v) is 13.5. The van der Waals surface area contributed by atoms with E-state index in [4.69, 9.17) is 6.57 Å². The Kier molecular flexibility index (Phi) is 4.21. The summed E-state index contributed by atoms with van der Waals surface area (Å²) in [5, 5.41) is 10.6. The number of allylic oxidation sites excluding steroid dienone is 2. The maximum absolute atomic E-state index is 7.70. The number of nitrogens with one attached hydrogen (secondary N) is 2. The van der Waals surface area contributed by atoms with Gasteiger partial charge in [0.2, 0.25) is 0 Å². The van der Waals surface area contributed by atoms with Gasteiger partial charge in [0.1, 0.15) is 5.82 Å². The third-order valence-corrected chi connectivity index (χ3v) is 4.72. The molecule has 3 rings (SSSR count). The molecule has 2 heterocycles. The van der Waals surface area contributed by atoms with Crippen LogP contribution in [0.3, 0.4) is 0 Å². The molecule has 0 saturated heterocycles. The van der Waals surface area contributed by atoms with Crippen LogP contribution in [0.15, 0.2) is 46.8 Å². The van der Waals surface area contributed by atoms with Crippen molar-refractivity contribution < 1.29 is 0 Å². The first kappa shape index (κ1) is 14.7. The van der Waals surface area contributed by atoms with Crippen LogP contribution in [0.1, 0.15) is 36.8 Å². The van der Waals surface area contributed by atoms with Gasteiger partial charge >= 0.3 is 0 Å². The second kappa shape index (κ2) is 6.29. The molecule has 2 N–H and O–H groups in total. The van der Waals surface area contributed by atoms with E-state index < -0.39 is 0 Å². The third-order valence-electron chi connectivity index (χ3n) is 3.91. The molecule has 0 fully saturated rings. The molecular formula is C17H18N4S. The van der Waals surface area contributed by atoms with Gasteiger partial charge in [0.15, 0.2) is 5.70 Å². The molecule has 0 bridgehead atoms. The average molecular weight is 310 g/mol. The fraction of sp³-hybridized carbons (Fsp3) is 0.294. The first-order valence-electron chi connectivity index (χ1n) is 7.33. The lowest BCUT2D eigenvalue weighted by molar-refractivity contribution is 0.837. The van der Waals surface area contributed by atoms with E-state index >= 15 is 0 Å². The molecule has 1 aliphatic rings. The maximum Gasteiger partial charge on any atom is 0.196 e. The van der Waals surface area contributed by atoms with E-state index in [9.17, 15) is 0 Å². The molecule has 0 spiro atoms. The number of hydrogen-bond donors (Lipinski definition) is 2. The van der Waals surface area contributed by atoms with Crippen LogP contribution in [0, 0.1) is 6.57 Å². The van der Waals surface area contributed by atoms with E-state index in [1.165, 1.54) is 10.5 Å². The van der Waals surface area contributed by atoms with Crippen molar-refractivity contribution in [2.24, 2.45) is 0 Å². The Hall–Kier alpha value is -2.19. The highest BCUT2D eigenvalue weighted by molar-refractivity contribution is 7.98. The van der Waals surface area contributed by atoms with Crippen LogP contribution in [0.2, 0.25) is 0 Å². The Morgan fingerprint density at radius 3 is 2.86 bits per heavy atom.